The van der Waals surface area contributed by atoms with Gasteiger partial charge >= 0.3 is 36.4 Å². The number of rotatable bonds is 17. The first-order chi connectivity index (χ1) is 35.2. The van der Waals surface area contributed by atoms with Crippen molar-refractivity contribution in [2.75, 3.05) is 13.1 Å². The Bertz CT molecular complexity index is 2010. The van der Waals surface area contributed by atoms with E-state index < -0.39 is 156 Å². The molecule has 77 heavy (non-hydrogen) atoms. The van der Waals surface area contributed by atoms with Crippen LogP contribution in [0.3, 0.4) is 0 Å². The molecule has 3 aliphatic rings. The van der Waals surface area contributed by atoms with Crippen molar-refractivity contribution in [3.05, 3.63) is 0 Å². The van der Waals surface area contributed by atoms with Crippen LogP contribution in [0, 0.1) is 11.8 Å². The number of ether oxygens (including phenoxy) is 10. The first kappa shape index (κ1) is 66.0. The monoisotopic (exact) mass is 1100 g/mol. The summed E-state index contributed by atoms with van der Waals surface area (Å²) in [6, 6.07) is -4.50. The van der Waals surface area contributed by atoms with Gasteiger partial charge in [0.15, 0.2) is 12.6 Å². The SMILES string of the molecule is CC(=O)O[C@H]1C(CC=O)O[C@@H](O[C@H]2C(O)C(O[C@@H]3OC(CNC(=O)OC(C)(C)C)CCC3NC(=O)OC(C)(C)C)[C@@H](NC(=O)OC(C)(C)C)C[C@H]2NC(=O)[C@@H](C)CCNC(=O)OC(C)(C)C)C(C)[C@H]1NC(=O)OC(C)(C)C. The average molecular weight is 1100 g/mol. The van der Waals surface area contributed by atoms with Crippen LogP contribution in [0.25, 0.3) is 0 Å². The Morgan fingerprint density at radius 3 is 1.55 bits per heavy atom. The normalized spacial score (nSPS) is 28.5. The van der Waals surface area contributed by atoms with Gasteiger partial charge in [-0.1, -0.05) is 13.8 Å². The van der Waals surface area contributed by atoms with Gasteiger partial charge in [-0.15, -0.1) is 0 Å². The summed E-state index contributed by atoms with van der Waals surface area (Å²) < 4.78 is 59.6. The zero-order chi connectivity index (χ0) is 58.6. The van der Waals surface area contributed by atoms with Gasteiger partial charge in [0, 0.05) is 38.3 Å². The number of nitrogens with one attached hydrogen (secondary N) is 6. The van der Waals surface area contributed by atoms with E-state index in [-0.39, 0.29) is 38.8 Å². The Kier molecular flexibility index (Phi) is 23.6. The maximum atomic E-state index is 14.3. The zero-order valence-electron chi connectivity index (χ0n) is 48.4. The van der Waals surface area contributed by atoms with E-state index in [1.807, 2.05) is 0 Å². The lowest BCUT2D eigenvalue weighted by molar-refractivity contribution is -0.304. The van der Waals surface area contributed by atoms with Crippen LogP contribution in [0.15, 0.2) is 0 Å². The summed E-state index contributed by atoms with van der Waals surface area (Å²) in [5.41, 5.74) is -4.43. The minimum Gasteiger partial charge on any atom is -0.458 e. The van der Waals surface area contributed by atoms with Crippen LogP contribution in [0.2, 0.25) is 0 Å². The highest BCUT2D eigenvalue weighted by Gasteiger charge is 2.54. The highest BCUT2D eigenvalue weighted by Crippen LogP contribution is 2.36. The summed E-state index contributed by atoms with van der Waals surface area (Å²) in [4.78, 5) is 105. The molecule has 1 aliphatic carbocycles. The fourth-order valence-electron chi connectivity index (χ4n) is 8.52. The van der Waals surface area contributed by atoms with Crippen LogP contribution in [-0.2, 0) is 61.8 Å². The number of hydrogen-bond donors (Lipinski definition) is 7. The largest absolute Gasteiger partial charge is 0.458 e. The zero-order valence-corrected chi connectivity index (χ0v) is 48.4. The van der Waals surface area contributed by atoms with Gasteiger partial charge in [-0.3, -0.25) is 9.59 Å². The fourth-order valence-corrected chi connectivity index (χ4v) is 8.52. The van der Waals surface area contributed by atoms with Crippen LogP contribution < -0.4 is 31.9 Å². The molecule has 2 aliphatic heterocycles. The van der Waals surface area contributed by atoms with Crippen molar-refractivity contribution in [1.29, 1.82) is 0 Å². The first-order valence-electron chi connectivity index (χ1n) is 26.4. The van der Waals surface area contributed by atoms with Crippen molar-refractivity contribution in [2.45, 2.75) is 258 Å². The molecule has 2 saturated heterocycles. The molecule has 0 aromatic carbocycles. The lowest BCUT2D eigenvalue weighted by atomic mass is 9.82. The molecular formula is C52H90N6O19. The van der Waals surface area contributed by atoms with Gasteiger partial charge in [-0.05, 0) is 130 Å². The summed E-state index contributed by atoms with van der Waals surface area (Å²) in [5.74, 6) is -3.01. The van der Waals surface area contributed by atoms with Crippen LogP contribution in [0.4, 0.5) is 24.0 Å². The van der Waals surface area contributed by atoms with E-state index >= 15 is 0 Å². The Labute approximate surface area is 453 Å². The van der Waals surface area contributed by atoms with E-state index in [4.69, 9.17) is 47.4 Å². The van der Waals surface area contributed by atoms with Crippen molar-refractivity contribution in [2.24, 2.45) is 11.8 Å². The van der Waals surface area contributed by atoms with Gasteiger partial charge in [0.25, 0.3) is 0 Å². The number of esters is 1. The van der Waals surface area contributed by atoms with E-state index in [2.05, 4.69) is 31.9 Å². The van der Waals surface area contributed by atoms with Gasteiger partial charge in [-0.2, -0.15) is 0 Å². The van der Waals surface area contributed by atoms with Crippen LogP contribution in [0.5, 0.6) is 0 Å². The molecule has 3 rings (SSSR count). The van der Waals surface area contributed by atoms with Crippen molar-refractivity contribution < 1.29 is 90.8 Å². The van der Waals surface area contributed by atoms with E-state index in [0.717, 1.165) is 6.92 Å². The number of carbonyl (C=O) groups excluding carboxylic acids is 8. The Balaban J connectivity index is 2.19. The van der Waals surface area contributed by atoms with E-state index in [9.17, 15) is 43.5 Å². The minimum absolute atomic E-state index is 0.0463. The topological polar surface area (TPSA) is 321 Å². The maximum Gasteiger partial charge on any atom is 0.408 e. The second kappa shape index (κ2) is 27.6. The molecule has 25 heteroatoms. The summed E-state index contributed by atoms with van der Waals surface area (Å²) in [6.07, 6.45) is -14.3. The van der Waals surface area contributed by atoms with Gasteiger partial charge < -0.3 is 89.2 Å². The molecule has 6 amide bonds. The standard InChI is InChI=1S/C52H90N6O19/c1-27(21-23-53-43(63)73-48(4,5)6)40(62)55-32-25-33(57-46(66)76-51(13,14)15)38(72-42-31(56-45(65)75-50(10,11)12)20-19-30(69-42)26-54-44(64)74-49(7,8)9)36(61)37(32)71-41-28(2)35(58-47(67)77-52(16,17)18)39(68-29(3)60)34(70-41)22-24-59/h24,27-28,30-39,41-42,61H,19-23,25-26H2,1-18H3,(H,53,63)(H,54,64)(H,55,62)(H,56,65)(H,57,66)(H,58,67)/t27-,28?,30?,31?,32+,33-,34?,35+,36?,37+,38?,39-,41-,42-/m0/s1. The lowest BCUT2D eigenvalue weighted by Crippen LogP contribution is -2.69. The average Bonchev–Trinajstić information content (AvgIpc) is 3.22. The number of amides is 6. The van der Waals surface area contributed by atoms with Crippen molar-refractivity contribution in [1.82, 2.24) is 31.9 Å². The van der Waals surface area contributed by atoms with Crippen LogP contribution in [0.1, 0.15) is 157 Å². The molecule has 2 heterocycles. The van der Waals surface area contributed by atoms with E-state index in [1.165, 1.54) is 0 Å². The molecule has 0 aromatic rings. The van der Waals surface area contributed by atoms with Crippen LogP contribution >= 0.6 is 0 Å². The lowest BCUT2D eigenvalue weighted by Gasteiger charge is -2.50. The van der Waals surface area contributed by atoms with Crippen molar-refractivity contribution in [3.8, 4) is 0 Å². The predicted octanol–water partition coefficient (Wildman–Crippen LogP) is 5.15. The van der Waals surface area contributed by atoms with Gasteiger partial charge in [0.05, 0.1) is 30.3 Å². The Morgan fingerprint density at radius 2 is 1.05 bits per heavy atom. The van der Waals surface area contributed by atoms with Gasteiger partial charge in [0.2, 0.25) is 5.91 Å². The molecule has 25 nitrogen and oxygen atoms in total. The molecule has 3 fully saturated rings. The molecule has 7 N–H and O–H groups in total. The third kappa shape index (κ3) is 23.7. The summed E-state index contributed by atoms with van der Waals surface area (Å²) in [7, 11) is 0. The predicted molar refractivity (Wildman–Crippen MR) is 276 cm³/mol. The Hall–Kier alpha value is -5.24. The molecule has 0 bridgehead atoms. The van der Waals surface area contributed by atoms with Crippen molar-refractivity contribution in [3.63, 3.8) is 0 Å². The molecule has 1 saturated carbocycles. The van der Waals surface area contributed by atoms with Crippen molar-refractivity contribution >= 4 is 48.6 Å². The second-order valence-electron chi connectivity index (χ2n) is 24.8. The van der Waals surface area contributed by atoms with Crippen LogP contribution in [-0.4, -0.2) is 168 Å². The quantitative estimate of drug-likeness (QED) is 0.0563. The number of aliphatic hydroxyl groups excluding tert-OH is 1. The number of aldehydes is 1. The number of alkyl carbamates (subject to hydrolysis) is 5. The number of carbonyl (C=O) groups is 8. The fraction of sp³-hybridized carbons (Fsp3) is 0.846. The first-order valence-corrected chi connectivity index (χ1v) is 26.4. The molecule has 442 valence electrons. The molecule has 14 atom stereocenters. The summed E-state index contributed by atoms with van der Waals surface area (Å²) in [5, 5.41) is 29.5. The maximum absolute atomic E-state index is 14.3. The Morgan fingerprint density at radius 1 is 0.597 bits per heavy atom. The molecule has 0 spiro atoms. The highest BCUT2D eigenvalue weighted by atomic mass is 16.7. The smallest absolute Gasteiger partial charge is 0.408 e. The second-order valence-corrected chi connectivity index (χ2v) is 24.8. The molecule has 0 aromatic heterocycles. The van der Waals surface area contributed by atoms with E-state index in [0.29, 0.717) is 12.7 Å². The highest BCUT2D eigenvalue weighted by molar-refractivity contribution is 5.79. The van der Waals surface area contributed by atoms with Gasteiger partial charge in [-0.25, -0.2) is 24.0 Å². The molecule has 6 unspecified atom stereocenters. The number of hydrogen-bond acceptors (Lipinski definition) is 19. The molecule has 0 radical (unpaired) electrons. The van der Waals surface area contributed by atoms with E-state index in [1.54, 1.807) is 118 Å². The summed E-state index contributed by atoms with van der Waals surface area (Å²) >= 11 is 0. The third-order valence-electron chi connectivity index (χ3n) is 11.6. The third-order valence-corrected chi connectivity index (χ3v) is 11.6. The minimum atomic E-state index is -1.84. The molecular weight excluding hydrogens is 1010 g/mol. The van der Waals surface area contributed by atoms with Gasteiger partial charge in [0.1, 0.15) is 64.8 Å². The summed E-state index contributed by atoms with van der Waals surface area (Å²) in [6.45, 7) is 29.6. The number of aliphatic hydroxyl groups is 1.